The minimum Gasteiger partial charge on any atom is -0.506 e. The Labute approximate surface area is 100 Å². The van der Waals surface area contributed by atoms with Gasteiger partial charge in [-0.25, -0.2) is 0 Å². The van der Waals surface area contributed by atoms with Crippen molar-refractivity contribution in [3.8, 4) is 5.75 Å². The molecule has 0 unspecified atom stereocenters. The van der Waals surface area contributed by atoms with Gasteiger partial charge in [0.2, 0.25) is 0 Å². The topological polar surface area (TPSA) is 32.3 Å². The molecule has 0 aromatic heterocycles. The smallest absolute Gasteiger partial charge is 0.138 e. The van der Waals surface area contributed by atoms with Crippen molar-refractivity contribution in [2.75, 3.05) is 5.32 Å². The van der Waals surface area contributed by atoms with Gasteiger partial charge in [0.25, 0.3) is 0 Å². The first-order chi connectivity index (χ1) is 7.77. The highest BCUT2D eigenvalue weighted by Gasteiger charge is 2.00. The van der Waals surface area contributed by atoms with Crippen molar-refractivity contribution in [3.05, 3.63) is 54.1 Å². The standard InChI is InChI=1S/C13H13NOS/c15-12-7-3-2-6-11(12)14-9-10-5-1-4-8-13(10)16/h1-8,14-16H,9H2. The maximum atomic E-state index is 9.58. The quantitative estimate of drug-likeness (QED) is 0.559. The molecule has 2 aromatic carbocycles. The van der Waals surface area contributed by atoms with Crippen LogP contribution in [-0.2, 0) is 6.54 Å². The van der Waals surface area contributed by atoms with E-state index >= 15 is 0 Å². The van der Waals surface area contributed by atoms with Gasteiger partial charge in [0.05, 0.1) is 5.69 Å². The zero-order valence-corrected chi connectivity index (χ0v) is 9.61. The molecule has 0 spiro atoms. The van der Waals surface area contributed by atoms with E-state index in [9.17, 15) is 5.11 Å². The van der Waals surface area contributed by atoms with E-state index in [1.807, 2.05) is 36.4 Å². The molecule has 0 aliphatic heterocycles. The fourth-order valence-electron chi connectivity index (χ4n) is 1.47. The molecule has 16 heavy (non-hydrogen) atoms. The lowest BCUT2D eigenvalue weighted by molar-refractivity contribution is 0.477. The number of nitrogens with one attached hydrogen (secondary N) is 1. The highest BCUT2D eigenvalue weighted by molar-refractivity contribution is 7.80. The molecule has 82 valence electrons. The summed E-state index contributed by atoms with van der Waals surface area (Å²) in [5.41, 5.74) is 1.84. The van der Waals surface area contributed by atoms with E-state index in [2.05, 4.69) is 17.9 Å². The summed E-state index contributed by atoms with van der Waals surface area (Å²) in [5, 5.41) is 12.7. The van der Waals surface area contributed by atoms with Crippen LogP contribution in [0.1, 0.15) is 5.56 Å². The Morgan fingerprint density at radius 2 is 1.69 bits per heavy atom. The fourth-order valence-corrected chi connectivity index (χ4v) is 1.71. The summed E-state index contributed by atoms with van der Waals surface area (Å²) in [5.74, 6) is 0.263. The largest absolute Gasteiger partial charge is 0.506 e. The number of thiol groups is 1. The minimum atomic E-state index is 0.263. The number of anilines is 1. The Hall–Kier alpha value is -1.61. The monoisotopic (exact) mass is 231 g/mol. The molecule has 3 heteroatoms. The molecule has 2 nitrogen and oxygen atoms in total. The van der Waals surface area contributed by atoms with Gasteiger partial charge < -0.3 is 10.4 Å². The molecule has 0 amide bonds. The fraction of sp³-hybridized carbons (Fsp3) is 0.0769. The van der Waals surface area contributed by atoms with Crippen molar-refractivity contribution in [3.63, 3.8) is 0 Å². The predicted molar refractivity (Wildman–Crippen MR) is 69.1 cm³/mol. The van der Waals surface area contributed by atoms with Gasteiger partial charge in [-0.15, -0.1) is 12.6 Å². The molecule has 2 aromatic rings. The van der Waals surface area contributed by atoms with Gasteiger partial charge in [0.15, 0.2) is 0 Å². The molecule has 0 atom stereocenters. The summed E-state index contributed by atoms with van der Waals surface area (Å²) in [7, 11) is 0. The average Bonchev–Trinajstić information content (AvgIpc) is 2.30. The number of phenolic OH excluding ortho intramolecular Hbond substituents is 1. The van der Waals surface area contributed by atoms with Crippen molar-refractivity contribution >= 4 is 18.3 Å². The molecular formula is C13H13NOS. The van der Waals surface area contributed by atoms with Crippen LogP contribution in [0.15, 0.2) is 53.4 Å². The minimum absolute atomic E-state index is 0.263. The molecule has 0 bridgehead atoms. The first-order valence-corrected chi connectivity index (χ1v) is 5.51. The lowest BCUT2D eigenvalue weighted by Gasteiger charge is -2.09. The number of hydrogen-bond acceptors (Lipinski definition) is 3. The third-order valence-corrected chi connectivity index (χ3v) is 2.80. The van der Waals surface area contributed by atoms with Crippen molar-refractivity contribution < 1.29 is 5.11 Å². The third kappa shape index (κ3) is 2.49. The zero-order chi connectivity index (χ0) is 11.4. The number of para-hydroxylation sites is 2. The van der Waals surface area contributed by atoms with Crippen molar-refractivity contribution in [1.29, 1.82) is 0 Å². The number of aromatic hydroxyl groups is 1. The van der Waals surface area contributed by atoms with Crippen LogP contribution >= 0.6 is 12.6 Å². The molecule has 0 fully saturated rings. The summed E-state index contributed by atoms with van der Waals surface area (Å²) in [6, 6.07) is 15.1. The summed E-state index contributed by atoms with van der Waals surface area (Å²) < 4.78 is 0. The Morgan fingerprint density at radius 1 is 1.00 bits per heavy atom. The van der Waals surface area contributed by atoms with Gasteiger partial charge in [-0.1, -0.05) is 30.3 Å². The molecule has 0 saturated carbocycles. The van der Waals surface area contributed by atoms with Crippen LogP contribution in [0, 0.1) is 0 Å². The molecule has 0 aliphatic carbocycles. The predicted octanol–water partition coefficient (Wildman–Crippen LogP) is 3.29. The van der Waals surface area contributed by atoms with Gasteiger partial charge in [-0.05, 0) is 23.8 Å². The van der Waals surface area contributed by atoms with Crippen molar-refractivity contribution in [1.82, 2.24) is 0 Å². The molecule has 2 N–H and O–H groups in total. The third-order valence-electron chi connectivity index (χ3n) is 2.36. The summed E-state index contributed by atoms with van der Waals surface area (Å²) >= 11 is 4.37. The molecular weight excluding hydrogens is 218 g/mol. The number of benzene rings is 2. The maximum Gasteiger partial charge on any atom is 0.138 e. The van der Waals surface area contributed by atoms with Crippen molar-refractivity contribution in [2.45, 2.75) is 11.4 Å². The van der Waals surface area contributed by atoms with Crippen molar-refractivity contribution in [2.24, 2.45) is 0 Å². The van der Waals surface area contributed by atoms with E-state index in [-0.39, 0.29) is 5.75 Å². The Balaban J connectivity index is 2.09. The van der Waals surface area contributed by atoms with Gasteiger partial charge in [-0.3, -0.25) is 0 Å². The van der Waals surface area contributed by atoms with Crippen LogP contribution in [0.25, 0.3) is 0 Å². The number of phenols is 1. The van der Waals surface area contributed by atoms with E-state index in [1.165, 1.54) is 0 Å². The zero-order valence-electron chi connectivity index (χ0n) is 8.72. The van der Waals surface area contributed by atoms with Gasteiger partial charge in [0, 0.05) is 11.4 Å². The van der Waals surface area contributed by atoms with Gasteiger partial charge >= 0.3 is 0 Å². The summed E-state index contributed by atoms with van der Waals surface area (Å²) in [4.78, 5) is 0.949. The number of hydrogen-bond donors (Lipinski definition) is 3. The first-order valence-electron chi connectivity index (χ1n) is 5.06. The second-order valence-corrected chi connectivity index (χ2v) is 3.98. The van der Waals surface area contributed by atoms with E-state index in [4.69, 9.17) is 0 Å². The van der Waals surface area contributed by atoms with Crippen LogP contribution in [-0.4, -0.2) is 5.11 Å². The van der Waals surface area contributed by atoms with Crippen LogP contribution in [0.2, 0.25) is 0 Å². The average molecular weight is 231 g/mol. The normalized spacial score (nSPS) is 10.1. The summed E-state index contributed by atoms with van der Waals surface area (Å²) in [6.45, 7) is 0.650. The van der Waals surface area contributed by atoms with E-state index in [1.54, 1.807) is 12.1 Å². The van der Waals surface area contributed by atoms with E-state index in [0.29, 0.717) is 6.54 Å². The van der Waals surface area contributed by atoms with E-state index < -0.39 is 0 Å². The highest BCUT2D eigenvalue weighted by Crippen LogP contribution is 2.23. The number of rotatable bonds is 3. The first kappa shape index (κ1) is 10.9. The lowest BCUT2D eigenvalue weighted by atomic mass is 10.2. The van der Waals surface area contributed by atoms with Gasteiger partial charge in [0.1, 0.15) is 5.75 Å². The Bertz CT molecular complexity index is 439. The highest BCUT2D eigenvalue weighted by atomic mass is 32.1. The molecule has 0 aliphatic rings. The van der Waals surface area contributed by atoms with Crippen LogP contribution in [0.5, 0.6) is 5.75 Å². The molecule has 0 radical (unpaired) electrons. The van der Waals surface area contributed by atoms with Crippen LogP contribution in [0.3, 0.4) is 0 Å². The molecule has 0 heterocycles. The second-order valence-electron chi connectivity index (χ2n) is 3.50. The lowest BCUT2D eigenvalue weighted by Crippen LogP contribution is -2.00. The Morgan fingerprint density at radius 3 is 2.44 bits per heavy atom. The van der Waals surface area contributed by atoms with Gasteiger partial charge in [-0.2, -0.15) is 0 Å². The maximum absolute atomic E-state index is 9.58. The Kier molecular flexibility index (Phi) is 3.37. The summed E-state index contributed by atoms with van der Waals surface area (Å²) in [6.07, 6.45) is 0. The second kappa shape index (κ2) is 4.94. The van der Waals surface area contributed by atoms with Crippen LogP contribution < -0.4 is 5.32 Å². The van der Waals surface area contributed by atoms with Crippen LogP contribution in [0.4, 0.5) is 5.69 Å². The SMILES string of the molecule is Oc1ccccc1NCc1ccccc1S. The molecule has 2 rings (SSSR count). The molecule has 0 saturated heterocycles. The van der Waals surface area contributed by atoms with E-state index in [0.717, 1.165) is 16.1 Å².